The van der Waals surface area contributed by atoms with Gasteiger partial charge in [-0.3, -0.25) is 14.4 Å². The van der Waals surface area contributed by atoms with Crippen molar-refractivity contribution < 1.29 is 34.4 Å². The standard InChI is InChI=1S/C43H84N4O7/c1-5-7-9-11-13-15-16-17-18-19-20-21-23-25-27-29-31-47(37(50)30-28-26-24-22-14-12-10-8-6-2)43-39(41(52)40(51)35(33-48)54-43)46-36(49)32-45-42(53)38(44)34(3)4/h34-35,38-41,43,48,51-52H,5-33,44H2,1-4H3,(H,45,53)(H,46,49)/t35-,38+,39-,40-,41-,43-/m1/s1. The van der Waals surface area contributed by atoms with Gasteiger partial charge < -0.3 is 41.3 Å². The summed E-state index contributed by atoms with van der Waals surface area (Å²) in [5.41, 5.74) is 5.92. The second kappa shape index (κ2) is 32.3. The molecule has 11 nitrogen and oxygen atoms in total. The number of hydrogen-bond donors (Lipinski definition) is 6. The van der Waals surface area contributed by atoms with Crippen molar-refractivity contribution in [2.75, 3.05) is 19.7 Å². The Labute approximate surface area is 329 Å². The fraction of sp³-hybridized carbons (Fsp3) is 0.930. The number of rotatable bonds is 34. The van der Waals surface area contributed by atoms with Gasteiger partial charge >= 0.3 is 0 Å². The summed E-state index contributed by atoms with van der Waals surface area (Å²) in [7, 11) is 0. The molecule has 3 amide bonds. The first kappa shape index (κ1) is 50.2. The highest BCUT2D eigenvalue weighted by Gasteiger charge is 2.48. The van der Waals surface area contributed by atoms with E-state index in [4.69, 9.17) is 10.5 Å². The Morgan fingerprint density at radius 1 is 0.667 bits per heavy atom. The minimum atomic E-state index is -1.51. The van der Waals surface area contributed by atoms with E-state index in [1.165, 1.54) is 109 Å². The number of nitrogens with zero attached hydrogens (tertiary/aromatic N) is 1. The lowest BCUT2D eigenvalue weighted by Gasteiger charge is -2.47. The number of hydrogen-bond acceptors (Lipinski definition) is 8. The lowest BCUT2D eigenvalue weighted by molar-refractivity contribution is -0.231. The Bertz CT molecular complexity index is 955. The summed E-state index contributed by atoms with van der Waals surface area (Å²) < 4.78 is 6.10. The molecule has 0 saturated carbocycles. The minimum absolute atomic E-state index is 0.119. The molecule has 1 aliphatic rings. The first-order chi connectivity index (χ1) is 26.1. The van der Waals surface area contributed by atoms with Gasteiger partial charge in [0.15, 0.2) is 6.23 Å². The van der Waals surface area contributed by atoms with Crippen molar-refractivity contribution in [1.29, 1.82) is 0 Å². The highest BCUT2D eigenvalue weighted by molar-refractivity contribution is 5.87. The Morgan fingerprint density at radius 3 is 1.52 bits per heavy atom. The van der Waals surface area contributed by atoms with Gasteiger partial charge in [-0.1, -0.05) is 175 Å². The van der Waals surface area contributed by atoms with Crippen LogP contribution >= 0.6 is 0 Å². The summed E-state index contributed by atoms with van der Waals surface area (Å²) in [6.07, 6.45) is 25.0. The van der Waals surface area contributed by atoms with Crippen molar-refractivity contribution in [2.24, 2.45) is 11.7 Å². The van der Waals surface area contributed by atoms with Crippen molar-refractivity contribution in [3.8, 4) is 0 Å². The van der Waals surface area contributed by atoms with Crippen LogP contribution in [-0.4, -0.2) is 94.3 Å². The van der Waals surface area contributed by atoms with Crippen LogP contribution in [0.2, 0.25) is 0 Å². The molecule has 6 atom stereocenters. The maximum atomic E-state index is 13.9. The quantitative estimate of drug-likeness (QED) is 0.0379. The fourth-order valence-corrected chi connectivity index (χ4v) is 7.30. The molecule has 7 N–H and O–H groups in total. The molecule has 1 aliphatic heterocycles. The highest BCUT2D eigenvalue weighted by Crippen LogP contribution is 2.26. The summed E-state index contributed by atoms with van der Waals surface area (Å²) in [4.78, 5) is 40.9. The van der Waals surface area contributed by atoms with Gasteiger partial charge in [0.25, 0.3) is 0 Å². The number of nitrogens with two attached hydrogens (primary N) is 1. The van der Waals surface area contributed by atoms with Crippen LogP contribution in [0.4, 0.5) is 0 Å². The zero-order valence-corrected chi connectivity index (χ0v) is 35.0. The third-order valence-electron chi connectivity index (χ3n) is 11.0. The molecule has 318 valence electrons. The Hall–Kier alpha value is -1.79. The number of nitrogens with one attached hydrogen (secondary N) is 2. The molecule has 11 heteroatoms. The van der Waals surface area contributed by atoms with Crippen LogP contribution in [0.25, 0.3) is 0 Å². The predicted molar refractivity (Wildman–Crippen MR) is 219 cm³/mol. The largest absolute Gasteiger partial charge is 0.394 e. The molecule has 0 aliphatic carbocycles. The van der Waals surface area contributed by atoms with E-state index in [1.807, 2.05) is 13.8 Å². The van der Waals surface area contributed by atoms with Crippen LogP contribution in [0.1, 0.15) is 195 Å². The second-order valence-electron chi connectivity index (χ2n) is 16.3. The summed E-state index contributed by atoms with van der Waals surface area (Å²) in [5.74, 6) is -1.34. The van der Waals surface area contributed by atoms with Crippen LogP contribution in [0.3, 0.4) is 0 Å². The monoisotopic (exact) mass is 769 g/mol. The number of carbonyl (C=O) groups is 3. The van der Waals surface area contributed by atoms with Gasteiger partial charge in [-0.2, -0.15) is 0 Å². The maximum absolute atomic E-state index is 13.9. The molecule has 1 fully saturated rings. The van der Waals surface area contributed by atoms with Crippen molar-refractivity contribution in [1.82, 2.24) is 15.5 Å². The van der Waals surface area contributed by atoms with Gasteiger partial charge in [0.1, 0.15) is 24.4 Å². The maximum Gasteiger partial charge on any atom is 0.239 e. The van der Waals surface area contributed by atoms with E-state index >= 15 is 0 Å². The molecule has 0 radical (unpaired) electrons. The average molecular weight is 769 g/mol. The van der Waals surface area contributed by atoms with Gasteiger partial charge in [-0.15, -0.1) is 0 Å². The highest BCUT2D eigenvalue weighted by atomic mass is 16.5. The first-order valence-corrected chi connectivity index (χ1v) is 22.3. The van der Waals surface area contributed by atoms with Crippen LogP contribution in [0.5, 0.6) is 0 Å². The van der Waals surface area contributed by atoms with E-state index < -0.39 is 55.0 Å². The predicted octanol–water partition coefficient (Wildman–Crippen LogP) is 7.02. The second-order valence-corrected chi connectivity index (χ2v) is 16.3. The lowest BCUT2D eigenvalue weighted by atomic mass is 9.94. The van der Waals surface area contributed by atoms with Crippen LogP contribution in [0.15, 0.2) is 0 Å². The first-order valence-electron chi connectivity index (χ1n) is 22.3. The van der Waals surface area contributed by atoms with E-state index in [0.29, 0.717) is 13.0 Å². The topological polar surface area (TPSA) is 174 Å². The van der Waals surface area contributed by atoms with Crippen LogP contribution in [-0.2, 0) is 19.1 Å². The Morgan fingerprint density at radius 2 is 1.09 bits per heavy atom. The third-order valence-corrected chi connectivity index (χ3v) is 11.0. The molecule has 0 bridgehead atoms. The Balaban J connectivity index is 2.77. The molecule has 0 aromatic carbocycles. The molecule has 0 spiro atoms. The van der Waals surface area contributed by atoms with Gasteiger partial charge in [-0.05, 0) is 18.8 Å². The number of aliphatic hydroxyl groups excluding tert-OH is 3. The Kier molecular flexibility index (Phi) is 30.1. The molecule has 54 heavy (non-hydrogen) atoms. The molecule has 0 aromatic rings. The van der Waals surface area contributed by atoms with E-state index in [0.717, 1.165) is 51.4 Å². The van der Waals surface area contributed by atoms with E-state index in [9.17, 15) is 29.7 Å². The van der Waals surface area contributed by atoms with E-state index in [2.05, 4.69) is 24.5 Å². The summed E-state index contributed by atoms with van der Waals surface area (Å²) in [6.45, 7) is 7.51. The van der Waals surface area contributed by atoms with Gasteiger partial charge in [0.2, 0.25) is 17.7 Å². The van der Waals surface area contributed by atoms with E-state index in [1.54, 1.807) is 4.90 Å². The molecule has 0 unspecified atom stereocenters. The zero-order chi connectivity index (χ0) is 40.0. The van der Waals surface area contributed by atoms with Crippen molar-refractivity contribution in [3.63, 3.8) is 0 Å². The average Bonchev–Trinajstić information content (AvgIpc) is 3.16. The summed E-state index contributed by atoms with van der Waals surface area (Å²) >= 11 is 0. The number of aliphatic hydroxyl groups is 3. The third kappa shape index (κ3) is 22.1. The van der Waals surface area contributed by atoms with Crippen molar-refractivity contribution in [3.05, 3.63) is 0 Å². The zero-order valence-electron chi connectivity index (χ0n) is 35.0. The molecular weight excluding hydrogens is 684 g/mol. The van der Waals surface area contributed by atoms with Crippen LogP contribution in [0, 0.1) is 5.92 Å². The lowest BCUT2D eigenvalue weighted by Crippen LogP contribution is -2.69. The van der Waals surface area contributed by atoms with Gasteiger partial charge in [-0.25, -0.2) is 0 Å². The minimum Gasteiger partial charge on any atom is -0.394 e. The molecular formula is C43H84N4O7. The van der Waals surface area contributed by atoms with Crippen molar-refractivity contribution >= 4 is 17.7 Å². The number of unbranched alkanes of at least 4 members (excludes halogenated alkanes) is 23. The normalized spacial score (nSPS) is 20.6. The summed E-state index contributed by atoms with van der Waals surface area (Å²) in [5, 5.41) is 37.2. The molecule has 1 heterocycles. The molecule has 1 saturated heterocycles. The fourth-order valence-electron chi connectivity index (χ4n) is 7.30. The van der Waals surface area contributed by atoms with E-state index in [-0.39, 0.29) is 18.4 Å². The molecule has 1 rings (SSSR count). The van der Waals surface area contributed by atoms with Gasteiger partial charge in [0, 0.05) is 13.0 Å². The van der Waals surface area contributed by atoms with Crippen molar-refractivity contribution in [2.45, 2.75) is 231 Å². The SMILES string of the molecule is CCCCCCCCCCCCCCCCCCN(C(=O)CCCCCCCCCCC)[C@@H]1O[C@H](CO)[C@@H](O)[C@H](O)[C@H]1NC(=O)CNC(=O)[C@@H](N)C(C)C. The number of carbonyl (C=O) groups excluding carboxylic acids is 3. The number of amides is 3. The summed E-state index contributed by atoms with van der Waals surface area (Å²) in [6, 6.07) is -1.95. The smallest absolute Gasteiger partial charge is 0.239 e. The number of ether oxygens (including phenoxy) is 1. The van der Waals surface area contributed by atoms with Crippen LogP contribution < -0.4 is 16.4 Å². The molecule has 0 aromatic heterocycles. The van der Waals surface area contributed by atoms with Gasteiger partial charge in [0.05, 0.1) is 19.2 Å².